The van der Waals surface area contributed by atoms with Crippen molar-refractivity contribution in [3.8, 4) is 0 Å². The molecule has 3 nitrogen and oxygen atoms in total. The van der Waals surface area contributed by atoms with E-state index in [-0.39, 0.29) is 18.0 Å². The Morgan fingerprint density at radius 2 is 2.00 bits per heavy atom. The lowest BCUT2D eigenvalue weighted by Gasteiger charge is -2.23. The second-order valence-electron chi connectivity index (χ2n) is 5.12. The normalized spacial score (nSPS) is 12.6. The molecule has 1 atom stereocenters. The van der Waals surface area contributed by atoms with Crippen molar-refractivity contribution in [3.63, 3.8) is 0 Å². The highest BCUT2D eigenvalue weighted by Crippen LogP contribution is 2.13. The molecule has 18 heavy (non-hydrogen) atoms. The van der Waals surface area contributed by atoms with E-state index >= 15 is 0 Å². The molecule has 0 unspecified atom stereocenters. The van der Waals surface area contributed by atoms with E-state index in [0.717, 1.165) is 0 Å². The van der Waals surface area contributed by atoms with E-state index in [1.807, 2.05) is 27.0 Å². The van der Waals surface area contributed by atoms with Crippen molar-refractivity contribution in [2.24, 2.45) is 0 Å². The fraction of sp³-hybridized carbons (Fsp3) is 0.533. The molecule has 100 valence electrons. The van der Waals surface area contributed by atoms with Gasteiger partial charge >= 0.3 is 0 Å². The Morgan fingerprint density at radius 1 is 1.33 bits per heavy atom. The molecule has 1 aromatic rings. The summed E-state index contributed by atoms with van der Waals surface area (Å²) in [4.78, 5) is 13.6. The number of rotatable bonds is 5. The molecule has 0 aromatic heterocycles. The smallest absolute Gasteiger partial charge is 0.236 e. The van der Waals surface area contributed by atoms with Crippen LogP contribution in [0.2, 0.25) is 0 Å². The van der Waals surface area contributed by atoms with E-state index in [0.29, 0.717) is 6.54 Å². The number of nitrogens with one attached hydrogen (secondary N) is 1. The van der Waals surface area contributed by atoms with Gasteiger partial charge in [0.1, 0.15) is 0 Å². The van der Waals surface area contributed by atoms with E-state index in [4.69, 9.17) is 0 Å². The van der Waals surface area contributed by atoms with E-state index < -0.39 is 0 Å². The zero-order valence-electron chi connectivity index (χ0n) is 12.0. The van der Waals surface area contributed by atoms with Gasteiger partial charge in [-0.1, -0.05) is 29.8 Å². The predicted octanol–water partition coefficient (Wildman–Crippen LogP) is 2.51. The van der Waals surface area contributed by atoms with Crippen LogP contribution in [0.3, 0.4) is 0 Å². The molecule has 0 saturated carbocycles. The quantitative estimate of drug-likeness (QED) is 0.868. The molecule has 0 heterocycles. The molecule has 1 N–H and O–H groups in total. The number of likely N-dealkylation sites (N-methyl/N-ethyl adjacent to an activating group) is 1. The van der Waals surface area contributed by atoms with Gasteiger partial charge < -0.3 is 10.2 Å². The molecule has 0 aliphatic rings. The van der Waals surface area contributed by atoms with Crippen molar-refractivity contribution in [2.75, 3.05) is 13.6 Å². The molecule has 3 heteroatoms. The molecule has 0 saturated heterocycles. The Hall–Kier alpha value is -1.35. The van der Waals surface area contributed by atoms with Crippen LogP contribution in [0.4, 0.5) is 0 Å². The van der Waals surface area contributed by atoms with Gasteiger partial charge in [0.25, 0.3) is 0 Å². The van der Waals surface area contributed by atoms with Crippen molar-refractivity contribution in [2.45, 2.75) is 39.8 Å². The summed E-state index contributed by atoms with van der Waals surface area (Å²) in [6, 6.07) is 8.79. The van der Waals surface area contributed by atoms with Crippen LogP contribution in [-0.2, 0) is 4.79 Å². The first-order valence-electron chi connectivity index (χ1n) is 6.47. The fourth-order valence-corrected chi connectivity index (χ4v) is 1.71. The maximum absolute atomic E-state index is 11.9. The summed E-state index contributed by atoms with van der Waals surface area (Å²) in [6.07, 6.45) is 0. The maximum Gasteiger partial charge on any atom is 0.236 e. The minimum absolute atomic E-state index is 0.129. The number of amides is 1. The van der Waals surface area contributed by atoms with Gasteiger partial charge in [0.05, 0.1) is 6.54 Å². The third-order valence-electron chi connectivity index (χ3n) is 3.27. The van der Waals surface area contributed by atoms with Gasteiger partial charge in [0.15, 0.2) is 0 Å². The summed E-state index contributed by atoms with van der Waals surface area (Å²) in [6.45, 7) is 8.57. The van der Waals surface area contributed by atoms with Crippen molar-refractivity contribution in [1.82, 2.24) is 10.2 Å². The van der Waals surface area contributed by atoms with Gasteiger partial charge in [0.2, 0.25) is 5.91 Å². The lowest BCUT2D eigenvalue weighted by molar-refractivity contribution is -0.130. The third-order valence-corrected chi connectivity index (χ3v) is 3.27. The molecule has 0 bridgehead atoms. The van der Waals surface area contributed by atoms with Crippen LogP contribution < -0.4 is 5.32 Å². The average molecular weight is 248 g/mol. The first-order valence-corrected chi connectivity index (χ1v) is 6.47. The Morgan fingerprint density at radius 3 is 2.56 bits per heavy atom. The third kappa shape index (κ3) is 4.15. The Balaban J connectivity index is 2.51. The minimum atomic E-state index is 0.129. The minimum Gasteiger partial charge on any atom is -0.342 e. The van der Waals surface area contributed by atoms with Gasteiger partial charge in [-0.05, 0) is 33.3 Å². The largest absolute Gasteiger partial charge is 0.342 e. The standard InChI is InChI=1S/C15H24N2O/c1-11(2)17(5)15(18)10-16-13(4)14-8-6-7-12(3)9-14/h6-9,11,13,16H,10H2,1-5H3/t13-/m1/s1. The van der Waals surface area contributed by atoms with E-state index in [1.165, 1.54) is 11.1 Å². The molecule has 0 aliphatic carbocycles. The van der Waals surface area contributed by atoms with Crippen LogP contribution in [0.25, 0.3) is 0 Å². The Kier molecular flexibility index (Phi) is 5.35. The van der Waals surface area contributed by atoms with Crippen LogP contribution >= 0.6 is 0 Å². The van der Waals surface area contributed by atoms with Crippen LogP contribution in [0.15, 0.2) is 24.3 Å². The van der Waals surface area contributed by atoms with Crippen molar-refractivity contribution in [1.29, 1.82) is 0 Å². The van der Waals surface area contributed by atoms with E-state index in [1.54, 1.807) is 4.90 Å². The number of nitrogens with zero attached hydrogens (tertiary/aromatic N) is 1. The first kappa shape index (κ1) is 14.7. The Labute approximate surface area is 110 Å². The molecule has 1 amide bonds. The summed E-state index contributed by atoms with van der Waals surface area (Å²) < 4.78 is 0. The molecule has 1 aromatic carbocycles. The molecular weight excluding hydrogens is 224 g/mol. The second-order valence-corrected chi connectivity index (χ2v) is 5.12. The van der Waals surface area contributed by atoms with Gasteiger partial charge in [-0.15, -0.1) is 0 Å². The highest BCUT2D eigenvalue weighted by molar-refractivity contribution is 5.78. The van der Waals surface area contributed by atoms with Gasteiger partial charge in [-0.2, -0.15) is 0 Å². The number of benzene rings is 1. The molecule has 0 fully saturated rings. The highest BCUT2D eigenvalue weighted by atomic mass is 16.2. The van der Waals surface area contributed by atoms with Crippen LogP contribution in [0, 0.1) is 6.92 Å². The lowest BCUT2D eigenvalue weighted by atomic mass is 10.1. The molecule has 0 spiro atoms. The lowest BCUT2D eigenvalue weighted by Crippen LogP contribution is -2.40. The Bertz CT molecular complexity index is 401. The second kappa shape index (κ2) is 6.55. The summed E-state index contributed by atoms with van der Waals surface area (Å²) in [5, 5.41) is 3.27. The van der Waals surface area contributed by atoms with E-state index in [9.17, 15) is 4.79 Å². The van der Waals surface area contributed by atoms with Crippen molar-refractivity contribution < 1.29 is 4.79 Å². The summed E-state index contributed by atoms with van der Waals surface area (Å²) >= 11 is 0. The monoisotopic (exact) mass is 248 g/mol. The summed E-state index contributed by atoms with van der Waals surface area (Å²) in [5.41, 5.74) is 2.46. The fourth-order valence-electron chi connectivity index (χ4n) is 1.71. The molecule has 1 rings (SSSR count). The zero-order valence-corrected chi connectivity index (χ0v) is 12.0. The van der Waals surface area contributed by atoms with Gasteiger partial charge in [-0.25, -0.2) is 0 Å². The van der Waals surface area contributed by atoms with Gasteiger partial charge in [-0.3, -0.25) is 4.79 Å². The number of hydrogen-bond donors (Lipinski definition) is 1. The topological polar surface area (TPSA) is 32.3 Å². The first-order chi connectivity index (χ1) is 8.41. The zero-order chi connectivity index (χ0) is 13.7. The maximum atomic E-state index is 11.9. The average Bonchev–Trinajstić information content (AvgIpc) is 2.34. The van der Waals surface area contributed by atoms with Crippen molar-refractivity contribution in [3.05, 3.63) is 35.4 Å². The SMILES string of the molecule is Cc1cccc([C@@H](C)NCC(=O)N(C)C(C)C)c1. The number of aryl methyl sites for hydroxylation is 1. The number of carbonyl (C=O) groups excluding carboxylic acids is 1. The molecular formula is C15H24N2O. The van der Waals surface area contributed by atoms with Crippen molar-refractivity contribution >= 4 is 5.91 Å². The molecule has 0 aliphatic heterocycles. The highest BCUT2D eigenvalue weighted by Gasteiger charge is 2.13. The van der Waals surface area contributed by atoms with E-state index in [2.05, 4.69) is 37.4 Å². The van der Waals surface area contributed by atoms with Crippen LogP contribution in [0.1, 0.15) is 37.9 Å². The predicted molar refractivity (Wildman–Crippen MR) is 75.5 cm³/mol. The number of carbonyl (C=O) groups is 1. The van der Waals surface area contributed by atoms with Crippen LogP contribution in [-0.4, -0.2) is 30.4 Å². The molecule has 0 radical (unpaired) electrons. The van der Waals surface area contributed by atoms with Crippen LogP contribution in [0.5, 0.6) is 0 Å². The van der Waals surface area contributed by atoms with Gasteiger partial charge in [0, 0.05) is 19.1 Å². The number of hydrogen-bond acceptors (Lipinski definition) is 2. The summed E-state index contributed by atoms with van der Waals surface area (Å²) in [5.74, 6) is 0.129. The summed E-state index contributed by atoms with van der Waals surface area (Å²) in [7, 11) is 1.84.